The van der Waals surface area contributed by atoms with Crippen molar-refractivity contribution >= 4 is 22.6 Å². The molecule has 3 aromatic heterocycles. The Morgan fingerprint density at radius 1 is 0.906 bits per heavy atom. The fraction of sp³-hybridized carbons (Fsp3) is 0.0417. The fourth-order valence-electron chi connectivity index (χ4n) is 3.42. The largest absolute Gasteiger partial charge is 0.382 e. The highest BCUT2D eigenvalue weighted by molar-refractivity contribution is 5.98. The van der Waals surface area contributed by atoms with Gasteiger partial charge in [-0.15, -0.1) is 0 Å². The number of fused-ring (bicyclic) bond motifs is 1. The molecule has 5 aromatic rings. The summed E-state index contributed by atoms with van der Waals surface area (Å²) in [6.07, 6.45) is 3.26. The van der Waals surface area contributed by atoms with Crippen molar-refractivity contribution in [3.63, 3.8) is 0 Å². The molecule has 0 aliphatic carbocycles. The zero-order valence-corrected chi connectivity index (χ0v) is 16.9. The van der Waals surface area contributed by atoms with Crippen LogP contribution in [0.15, 0.2) is 83.6 Å². The molecule has 8 nitrogen and oxygen atoms in total. The van der Waals surface area contributed by atoms with Gasteiger partial charge in [0.25, 0.3) is 5.91 Å². The number of carbonyl (C=O) groups is 1. The predicted molar refractivity (Wildman–Crippen MR) is 120 cm³/mol. The summed E-state index contributed by atoms with van der Waals surface area (Å²) in [5.41, 5.74) is 9.89. The first-order valence-corrected chi connectivity index (χ1v) is 9.95. The minimum Gasteiger partial charge on any atom is -0.382 e. The van der Waals surface area contributed by atoms with Gasteiger partial charge in [-0.3, -0.25) is 9.78 Å². The molecule has 0 bridgehead atoms. The number of anilines is 1. The van der Waals surface area contributed by atoms with Crippen molar-refractivity contribution in [2.75, 3.05) is 5.73 Å². The van der Waals surface area contributed by atoms with E-state index in [1.165, 1.54) is 6.20 Å². The van der Waals surface area contributed by atoms with E-state index in [0.717, 1.165) is 22.0 Å². The van der Waals surface area contributed by atoms with Crippen LogP contribution >= 0.6 is 0 Å². The lowest BCUT2D eigenvalue weighted by Gasteiger charge is -2.13. The van der Waals surface area contributed by atoms with E-state index >= 15 is 0 Å². The van der Waals surface area contributed by atoms with Crippen molar-refractivity contribution in [3.05, 3.63) is 90.6 Å². The molecule has 32 heavy (non-hydrogen) atoms. The zero-order valence-electron chi connectivity index (χ0n) is 16.9. The number of amides is 1. The smallest absolute Gasteiger partial charge is 0.274 e. The molecule has 3 heterocycles. The Morgan fingerprint density at radius 2 is 1.75 bits per heavy atom. The Labute approximate surface area is 183 Å². The van der Waals surface area contributed by atoms with Crippen LogP contribution in [0.4, 0.5) is 5.82 Å². The van der Waals surface area contributed by atoms with Crippen LogP contribution in [0.25, 0.3) is 33.4 Å². The number of rotatable bonds is 5. The molecule has 0 spiro atoms. The van der Waals surface area contributed by atoms with Gasteiger partial charge in [0, 0.05) is 28.8 Å². The topological polar surface area (TPSA) is 120 Å². The standard InChI is InChI=1S/C24H18N6O2/c25-23-22(24(31)27-14-18-10-12-28-32-18)29-21(20(30-23)15-5-2-1-3-6-15)17-8-9-19-16(13-17)7-4-11-26-19/h1-13H,14H2,(H2,25,30)(H,27,31). The first-order valence-electron chi connectivity index (χ1n) is 9.95. The Balaban J connectivity index is 1.61. The molecule has 1 amide bonds. The lowest BCUT2D eigenvalue weighted by molar-refractivity contribution is 0.0943. The molecule has 5 rings (SSSR count). The number of aromatic nitrogens is 4. The Morgan fingerprint density at radius 3 is 2.56 bits per heavy atom. The summed E-state index contributed by atoms with van der Waals surface area (Å²) in [6, 6.07) is 20.9. The van der Waals surface area contributed by atoms with Crippen LogP contribution in [0.3, 0.4) is 0 Å². The molecule has 0 aliphatic rings. The Hall–Kier alpha value is -4.59. The van der Waals surface area contributed by atoms with Gasteiger partial charge in [-0.25, -0.2) is 9.97 Å². The third-order valence-electron chi connectivity index (χ3n) is 4.98. The van der Waals surface area contributed by atoms with Crippen LogP contribution in [0.1, 0.15) is 16.2 Å². The third-order valence-corrected chi connectivity index (χ3v) is 4.98. The monoisotopic (exact) mass is 422 g/mol. The minimum absolute atomic E-state index is 0.0464. The number of pyridine rings is 1. The van der Waals surface area contributed by atoms with Crippen molar-refractivity contribution in [1.82, 2.24) is 25.4 Å². The summed E-state index contributed by atoms with van der Waals surface area (Å²) in [4.78, 5) is 26.4. The van der Waals surface area contributed by atoms with Crippen molar-refractivity contribution in [1.29, 1.82) is 0 Å². The lowest BCUT2D eigenvalue weighted by Crippen LogP contribution is -2.25. The average molecular weight is 422 g/mol. The summed E-state index contributed by atoms with van der Waals surface area (Å²) in [5, 5.41) is 7.33. The van der Waals surface area contributed by atoms with E-state index in [2.05, 4.69) is 25.4 Å². The average Bonchev–Trinajstić information content (AvgIpc) is 3.36. The number of nitrogens with zero attached hydrogens (tertiary/aromatic N) is 4. The van der Waals surface area contributed by atoms with Gasteiger partial charge in [-0.1, -0.05) is 47.6 Å². The predicted octanol–water partition coefficient (Wildman–Crippen LogP) is 3.86. The number of nitrogens with two attached hydrogens (primary N) is 1. The lowest BCUT2D eigenvalue weighted by atomic mass is 10.0. The van der Waals surface area contributed by atoms with E-state index in [1.54, 1.807) is 12.3 Å². The van der Waals surface area contributed by atoms with E-state index in [9.17, 15) is 4.79 Å². The Kier molecular flexibility index (Phi) is 5.01. The highest BCUT2D eigenvalue weighted by atomic mass is 16.5. The maximum Gasteiger partial charge on any atom is 0.274 e. The zero-order chi connectivity index (χ0) is 21.9. The molecular weight excluding hydrogens is 404 g/mol. The molecule has 0 unspecified atom stereocenters. The summed E-state index contributed by atoms with van der Waals surface area (Å²) in [7, 11) is 0. The van der Waals surface area contributed by atoms with Crippen LogP contribution in [-0.4, -0.2) is 26.0 Å². The second-order valence-electron chi connectivity index (χ2n) is 7.09. The van der Waals surface area contributed by atoms with Gasteiger partial charge in [0.1, 0.15) is 0 Å². The molecule has 0 atom stereocenters. The molecule has 156 valence electrons. The molecule has 0 fully saturated rings. The first kappa shape index (κ1) is 19.4. The molecule has 3 N–H and O–H groups in total. The van der Waals surface area contributed by atoms with Gasteiger partial charge in [-0.2, -0.15) is 0 Å². The van der Waals surface area contributed by atoms with Crippen molar-refractivity contribution in [3.8, 4) is 22.5 Å². The van der Waals surface area contributed by atoms with Crippen LogP contribution < -0.4 is 11.1 Å². The second-order valence-corrected chi connectivity index (χ2v) is 7.09. The van der Waals surface area contributed by atoms with Gasteiger partial charge in [0.15, 0.2) is 17.3 Å². The molecule has 2 aromatic carbocycles. The third kappa shape index (κ3) is 3.77. The molecule has 8 heteroatoms. The summed E-state index contributed by atoms with van der Waals surface area (Å²) >= 11 is 0. The highest BCUT2D eigenvalue weighted by Crippen LogP contribution is 2.32. The maximum atomic E-state index is 12.8. The first-order chi connectivity index (χ1) is 15.7. The van der Waals surface area contributed by atoms with Crippen LogP contribution in [0, 0.1) is 0 Å². The van der Waals surface area contributed by atoms with Crippen molar-refractivity contribution in [2.24, 2.45) is 0 Å². The molecule has 0 radical (unpaired) electrons. The normalized spacial score (nSPS) is 10.9. The quantitative estimate of drug-likeness (QED) is 0.441. The van der Waals surface area contributed by atoms with E-state index in [-0.39, 0.29) is 18.1 Å². The number of hydrogen-bond acceptors (Lipinski definition) is 7. The van der Waals surface area contributed by atoms with Crippen molar-refractivity contribution in [2.45, 2.75) is 6.54 Å². The number of benzene rings is 2. The molecule has 0 saturated heterocycles. The van der Waals surface area contributed by atoms with Crippen LogP contribution in [-0.2, 0) is 6.54 Å². The summed E-state index contributed by atoms with van der Waals surface area (Å²) < 4.78 is 5.02. The molecule has 0 aliphatic heterocycles. The van der Waals surface area contributed by atoms with E-state index in [4.69, 9.17) is 10.3 Å². The van der Waals surface area contributed by atoms with E-state index in [1.807, 2.05) is 60.7 Å². The highest BCUT2D eigenvalue weighted by Gasteiger charge is 2.20. The number of carbonyl (C=O) groups excluding carboxylic acids is 1. The summed E-state index contributed by atoms with van der Waals surface area (Å²) in [5.74, 6) is 0.118. The maximum absolute atomic E-state index is 12.8. The number of nitrogens with one attached hydrogen (secondary N) is 1. The van der Waals surface area contributed by atoms with Gasteiger partial charge in [-0.05, 0) is 18.2 Å². The van der Waals surface area contributed by atoms with Gasteiger partial charge < -0.3 is 15.6 Å². The van der Waals surface area contributed by atoms with E-state index < -0.39 is 5.91 Å². The molecular formula is C24H18N6O2. The van der Waals surface area contributed by atoms with Crippen molar-refractivity contribution < 1.29 is 9.32 Å². The van der Waals surface area contributed by atoms with Crippen LogP contribution in [0.5, 0.6) is 0 Å². The number of hydrogen-bond donors (Lipinski definition) is 2. The van der Waals surface area contributed by atoms with Gasteiger partial charge in [0.05, 0.1) is 29.6 Å². The molecule has 0 saturated carbocycles. The van der Waals surface area contributed by atoms with Gasteiger partial charge in [0.2, 0.25) is 0 Å². The van der Waals surface area contributed by atoms with E-state index in [0.29, 0.717) is 17.1 Å². The second kappa shape index (κ2) is 8.27. The SMILES string of the molecule is Nc1nc(-c2ccccc2)c(-c2ccc3ncccc3c2)nc1C(=O)NCc1ccno1. The fourth-order valence-corrected chi connectivity index (χ4v) is 3.42. The minimum atomic E-state index is -0.449. The Bertz CT molecular complexity index is 1400. The summed E-state index contributed by atoms with van der Waals surface area (Å²) in [6.45, 7) is 0.164. The number of nitrogen functional groups attached to an aromatic ring is 1. The van der Waals surface area contributed by atoms with Crippen LogP contribution in [0.2, 0.25) is 0 Å². The van der Waals surface area contributed by atoms with Gasteiger partial charge >= 0.3 is 0 Å².